The molecule has 0 radical (unpaired) electrons. The van der Waals surface area contributed by atoms with Crippen molar-refractivity contribution < 1.29 is 0 Å². The van der Waals surface area contributed by atoms with Gasteiger partial charge in [0.25, 0.3) is 0 Å². The number of nitrogen functional groups attached to an aromatic ring is 1. The van der Waals surface area contributed by atoms with Gasteiger partial charge in [0, 0.05) is 22.3 Å². The first-order chi connectivity index (χ1) is 8.34. The number of hydrogen-bond acceptors (Lipinski definition) is 3. The Bertz CT molecular complexity index is 608. The predicted molar refractivity (Wildman–Crippen MR) is 71.3 cm³/mol. The molecule has 0 atom stereocenters. The molecule has 2 aromatic heterocycles. The molecule has 0 saturated carbocycles. The second kappa shape index (κ2) is 4.07. The van der Waals surface area contributed by atoms with Crippen LogP contribution in [0.5, 0.6) is 0 Å². The fourth-order valence-electron chi connectivity index (χ4n) is 1.76. The van der Waals surface area contributed by atoms with E-state index in [-0.39, 0.29) is 0 Å². The molecule has 2 N–H and O–H groups in total. The van der Waals surface area contributed by atoms with Crippen molar-refractivity contribution in [2.24, 2.45) is 0 Å². The number of thiophene rings is 1. The molecule has 3 rings (SSSR count). The molecule has 0 amide bonds. The van der Waals surface area contributed by atoms with Gasteiger partial charge >= 0.3 is 0 Å². The van der Waals surface area contributed by atoms with Crippen molar-refractivity contribution in [1.29, 1.82) is 0 Å². The van der Waals surface area contributed by atoms with Crippen molar-refractivity contribution in [3.8, 4) is 16.9 Å². The lowest BCUT2D eigenvalue weighted by Gasteiger charge is -2.07. The Morgan fingerprint density at radius 2 is 1.94 bits per heavy atom. The molecule has 0 spiro atoms. The number of benzene rings is 1. The molecule has 0 saturated heterocycles. The first-order valence-electron chi connectivity index (χ1n) is 5.25. The van der Waals surface area contributed by atoms with Gasteiger partial charge in [-0.25, -0.2) is 4.98 Å². The second-order valence-corrected chi connectivity index (χ2v) is 4.53. The van der Waals surface area contributed by atoms with Crippen molar-refractivity contribution in [3.05, 3.63) is 53.6 Å². The average Bonchev–Trinajstić information content (AvgIpc) is 3.00. The highest BCUT2D eigenvalue weighted by Crippen LogP contribution is 2.24. The molecular weight excluding hydrogens is 230 g/mol. The number of aromatic nitrogens is 2. The van der Waals surface area contributed by atoms with Gasteiger partial charge in [-0.2, -0.15) is 11.3 Å². The minimum atomic E-state index is 0.769. The molecule has 84 valence electrons. The highest BCUT2D eigenvalue weighted by atomic mass is 32.1. The molecule has 1 aromatic carbocycles. The van der Waals surface area contributed by atoms with E-state index in [9.17, 15) is 0 Å². The normalized spacial score (nSPS) is 10.6. The van der Waals surface area contributed by atoms with Crippen LogP contribution >= 0.6 is 11.3 Å². The summed E-state index contributed by atoms with van der Waals surface area (Å²) in [4.78, 5) is 4.21. The molecule has 0 aliphatic rings. The molecule has 0 bridgehead atoms. The Hall–Kier alpha value is -2.07. The van der Waals surface area contributed by atoms with Crippen LogP contribution in [0.25, 0.3) is 16.9 Å². The molecule has 0 unspecified atom stereocenters. The summed E-state index contributed by atoms with van der Waals surface area (Å²) < 4.78 is 2.06. The Balaban J connectivity index is 2.10. The highest BCUT2D eigenvalue weighted by Gasteiger charge is 2.06. The molecular formula is C13H11N3S. The number of rotatable bonds is 2. The molecule has 3 nitrogen and oxygen atoms in total. The van der Waals surface area contributed by atoms with Gasteiger partial charge in [-0.3, -0.25) is 4.57 Å². The van der Waals surface area contributed by atoms with Gasteiger partial charge in [0.15, 0.2) is 0 Å². The first-order valence-corrected chi connectivity index (χ1v) is 6.20. The zero-order valence-corrected chi connectivity index (χ0v) is 9.89. The largest absolute Gasteiger partial charge is 0.399 e. The Labute approximate surface area is 103 Å². The van der Waals surface area contributed by atoms with Gasteiger partial charge in [0.2, 0.25) is 0 Å². The number of hydrogen-bond donors (Lipinski definition) is 1. The monoisotopic (exact) mass is 241 g/mol. The molecule has 0 fully saturated rings. The topological polar surface area (TPSA) is 43.8 Å². The van der Waals surface area contributed by atoms with Gasteiger partial charge in [-0.15, -0.1) is 0 Å². The Morgan fingerprint density at radius 1 is 1.12 bits per heavy atom. The van der Waals surface area contributed by atoms with E-state index < -0.39 is 0 Å². The van der Waals surface area contributed by atoms with Crippen LogP contribution in [-0.4, -0.2) is 9.55 Å². The fourth-order valence-corrected chi connectivity index (χ4v) is 2.41. The van der Waals surface area contributed by atoms with Crippen molar-refractivity contribution >= 4 is 17.0 Å². The lowest BCUT2D eigenvalue weighted by atomic mass is 10.2. The van der Waals surface area contributed by atoms with Gasteiger partial charge in [-0.05, 0) is 35.7 Å². The summed E-state index contributed by atoms with van der Waals surface area (Å²) in [6.07, 6.45) is 3.69. The summed E-state index contributed by atoms with van der Waals surface area (Å²) in [6.45, 7) is 0. The van der Waals surface area contributed by atoms with E-state index in [0.29, 0.717) is 0 Å². The van der Waals surface area contributed by atoms with Crippen LogP contribution in [0.3, 0.4) is 0 Å². The number of anilines is 1. The zero-order valence-electron chi connectivity index (χ0n) is 9.08. The lowest BCUT2D eigenvalue weighted by molar-refractivity contribution is 1.06. The van der Waals surface area contributed by atoms with Crippen LogP contribution in [0.15, 0.2) is 53.6 Å². The standard InChI is InChI=1S/C13H11N3S/c14-11-1-3-12(4-2-11)16-9-15-7-13(16)10-5-6-17-8-10/h1-9H,14H2. The summed E-state index contributed by atoms with van der Waals surface area (Å²) in [5, 5.41) is 4.18. The molecule has 4 heteroatoms. The maximum Gasteiger partial charge on any atom is 0.0997 e. The van der Waals surface area contributed by atoms with E-state index in [1.54, 1.807) is 11.3 Å². The van der Waals surface area contributed by atoms with Crippen LogP contribution in [0.4, 0.5) is 5.69 Å². The Kier molecular flexibility index (Phi) is 2.42. The van der Waals surface area contributed by atoms with Crippen molar-refractivity contribution in [3.63, 3.8) is 0 Å². The third kappa shape index (κ3) is 1.83. The van der Waals surface area contributed by atoms with Crippen LogP contribution in [0.1, 0.15) is 0 Å². The maximum absolute atomic E-state index is 5.69. The van der Waals surface area contributed by atoms with Crippen molar-refractivity contribution in [2.45, 2.75) is 0 Å². The van der Waals surface area contributed by atoms with E-state index >= 15 is 0 Å². The first kappa shape index (κ1) is 10.1. The van der Waals surface area contributed by atoms with Crippen molar-refractivity contribution in [1.82, 2.24) is 9.55 Å². The lowest BCUT2D eigenvalue weighted by Crippen LogP contribution is -1.94. The van der Waals surface area contributed by atoms with Gasteiger partial charge in [0.05, 0.1) is 18.2 Å². The van der Waals surface area contributed by atoms with Gasteiger partial charge < -0.3 is 5.73 Å². The van der Waals surface area contributed by atoms with E-state index in [1.165, 1.54) is 5.56 Å². The third-order valence-corrected chi connectivity index (χ3v) is 3.31. The van der Waals surface area contributed by atoms with Crippen LogP contribution < -0.4 is 5.73 Å². The smallest absolute Gasteiger partial charge is 0.0997 e. The predicted octanol–water partition coefficient (Wildman–Crippen LogP) is 3.18. The minimum Gasteiger partial charge on any atom is -0.399 e. The summed E-state index contributed by atoms with van der Waals surface area (Å²) >= 11 is 1.68. The number of imidazole rings is 1. The molecule has 17 heavy (non-hydrogen) atoms. The maximum atomic E-state index is 5.69. The summed E-state index contributed by atoms with van der Waals surface area (Å²) in [7, 11) is 0. The number of nitrogens with two attached hydrogens (primary N) is 1. The summed E-state index contributed by atoms with van der Waals surface area (Å²) in [6, 6.07) is 9.87. The fraction of sp³-hybridized carbons (Fsp3) is 0. The van der Waals surface area contributed by atoms with E-state index in [4.69, 9.17) is 5.73 Å². The van der Waals surface area contributed by atoms with Crippen molar-refractivity contribution in [2.75, 3.05) is 5.73 Å². The van der Waals surface area contributed by atoms with E-state index in [2.05, 4.69) is 26.4 Å². The average molecular weight is 241 g/mol. The highest BCUT2D eigenvalue weighted by molar-refractivity contribution is 7.08. The molecule has 2 heterocycles. The quantitative estimate of drug-likeness (QED) is 0.700. The molecule has 0 aliphatic carbocycles. The third-order valence-electron chi connectivity index (χ3n) is 2.63. The number of nitrogens with zero attached hydrogens (tertiary/aromatic N) is 2. The minimum absolute atomic E-state index is 0.769. The van der Waals surface area contributed by atoms with Crippen LogP contribution in [0.2, 0.25) is 0 Å². The SMILES string of the molecule is Nc1ccc(-n2cncc2-c2ccsc2)cc1. The van der Waals surface area contributed by atoms with Gasteiger partial charge in [-0.1, -0.05) is 0 Å². The van der Waals surface area contributed by atoms with E-state index in [1.807, 2.05) is 36.8 Å². The molecule has 3 aromatic rings. The van der Waals surface area contributed by atoms with Gasteiger partial charge in [0.1, 0.15) is 0 Å². The molecule has 0 aliphatic heterocycles. The zero-order chi connectivity index (χ0) is 11.7. The van der Waals surface area contributed by atoms with Crippen LogP contribution in [-0.2, 0) is 0 Å². The second-order valence-electron chi connectivity index (χ2n) is 3.75. The summed E-state index contributed by atoms with van der Waals surface area (Å²) in [5.41, 5.74) is 9.80. The Morgan fingerprint density at radius 3 is 2.65 bits per heavy atom. The van der Waals surface area contributed by atoms with Crippen LogP contribution in [0, 0.1) is 0 Å². The van der Waals surface area contributed by atoms with E-state index in [0.717, 1.165) is 17.1 Å². The summed E-state index contributed by atoms with van der Waals surface area (Å²) in [5.74, 6) is 0.